The summed E-state index contributed by atoms with van der Waals surface area (Å²) in [7, 11) is 0. The first kappa shape index (κ1) is 18.9. The molecule has 1 N–H and O–H groups in total. The van der Waals surface area contributed by atoms with Crippen molar-refractivity contribution in [1.29, 1.82) is 0 Å². The first-order chi connectivity index (χ1) is 11.1. The molecular formula is C17H26O7. The van der Waals surface area contributed by atoms with Crippen molar-refractivity contribution < 1.29 is 33.7 Å². The minimum Gasteiger partial charge on any atom is -0.459 e. The molecule has 0 aromatic heterocycles. The van der Waals surface area contributed by atoms with E-state index < -0.39 is 42.0 Å². The van der Waals surface area contributed by atoms with Crippen LogP contribution in [0.2, 0.25) is 0 Å². The number of rotatable bonds is 6. The van der Waals surface area contributed by atoms with Crippen molar-refractivity contribution in [2.24, 2.45) is 5.92 Å². The molecule has 0 aromatic carbocycles. The molecule has 3 fully saturated rings. The first-order valence-electron chi connectivity index (χ1n) is 8.28. The third-order valence-electron chi connectivity index (χ3n) is 5.10. The monoisotopic (exact) mass is 342 g/mol. The molecule has 7 nitrogen and oxygen atoms in total. The van der Waals surface area contributed by atoms with Crippen molar-refractivity contribution in [3.63, 3.8) is 0 Å². The summed E-state index contributed by atoms with van der Waals surface area (Å²) in [5.41, 5.74) is -1.39. The van der Waals surface area contributed by atoms with Gasteiger partial charge in [-0.3, -0.25) is 4.79 Å². The second-order valence-electron chi connectivity index (χ2n) is 7.37. The van der Waals surface area contributed by atoms with Crippen molar-refractivity contribution in [3.05, 3.63) is 0 Å². The van der Waals surface area contributed by atoms with Gasteiger partial charge < -0.3 is 24.1 Å². The molecule has 7 heteroatoms. The van der Waals surface area contributed by atoms with Gasteiger partial charge in [-0.15, -0.1) is 0 Å². The molecule has 2 bridgehead atoms. The zero-order chi connectivity index (χ0) is 18.1. The number of carbonyl (C=O) groups excluding carboxylic acids is 3. The second kappa shape index (κ2) is 6.80. The van der Waals surface area contributed by atoms with Crippen molar-refractivity contribution in [2.45, 2.75) is 76.8 Å². The van der Waals surface area contributed by atoms with Crippen LogP contribution < -0.4 is 0 Å². The van der Waals surface area contributed by atoms with Gasteiger partial charge in [-0.1, -0.05) is 0 Å². The van der Waals surface area contributed by atoms with E-state index in [1.54, 1.807) is 6.92 Å². The fourth-order valence-corrected chi connectivity index (χ4v) is 3.66. The fraction of sp³-hybridized carbons (Fsp3) is 0.824. The summed E-state index contributed by atoms with van der Waals surface area (Å²) in [6, 6.07) is 0. The summed E-state index contributed by atoms with van der Waals surface area (Å²) in [6.07, 6.45) is 0.229. The number of fused-ring (bicyclic) bond motifs is 3. The molecular weight excluding hydrogens is 316 g/mol. The molecule has 1 aliphatic carbocycles. The SMILES string of the molecule is CC(=O)CCC(=O)OC1CC2CC(OC(=O)CO)C1(C)OC2(C)C. The van der Waals surface area contributed by atoms with Gasteiger partial charge >= 0.3 is 11.9 Å². The molecule has 0 radical (unpaired) electrons. The highest BCUT2D eigenvalue weighted by molar-refractivity contribution is 5.81. The number of aliphatic hydroxyl groups is 1. The molecule has 24 heavy (non-hydrogen) atoms. The highest BCUT2D eigenvalue weighted by atomic mass is 16.6. The minimum absolute atomic E-state index is 0.0249. The Morgan fingerprint density at radius 1 is 1.04 bits per heavy atom. The molecule has 4 atom stereocenters. The van der Waals surface area contributed by atoms with Crippen LogP contribution in [-0.4, -0.2) is 52.8 Å². The summed E-state index contributed by atoms with van der Waals surface area (Å²) < 4.78 is 17.0. The highest BCUT2D eigenvalue weighted by Crippen LogP contribution is 2.51. The van der Waals surface area contributed by atoms with E-state index in [0.29, 0.717) is 12.8 Å². The van der Waals surface area contributed by atoms with Crippen molar-refractivity contribution in [3.8, 4) is 0 Å². The van der Waals surface area contributed by atoms with Crippen LogP contribution in [-0.2, 0) is 28.6 Å². The smallest absolute Gasteiger partial charge is 0.332 e. The molecule has 136 valence electrons. The zero-order valence-corrected chi connectivity index (χ0v) is 14.7. The number of carbonyl (C=O) groups is 3. The van der Waals surface area contributed by atoms with E-state index in [2.05, 4.69) is 0 Å². The van der Waals surface area contributed by atoms with E-state index in [9.17, 15) is 14.4 Å². The summed E-state index contributed by atoms with van der Waals surface area (Å²) in [5, 5.41) is 8.92. The van der Waals surface area contributed by atoms with Crippen LogP contribution in [0.25, 0.3) is 0 Å². The van der Waals surface area contributed by atoms with Crippen LogP contribution >= 0.6 is 0 Å². The number of ketones is 1. The third kappa shape index (κ3) is 3.78. The summed E-state index contributed by atoms with van der Waals surface area (Å²) in [6.45, 7) is 6.42. The highest BCUT2D eigenvalue weighted by Gasteiger charge is 2.62. The van der Waals surface area contributed by atoms with Gasteiger partial charge in [-0.2, -0.15) is 0 Å². The lowest BCUT2D eigenvalue weighted by Gasteiger charge is -2.59. The molecule has 4 unspecified atom stereocenters. The molecule has 2 aliphatic heterocycles. The fourth-order valence-electron chi connectivity index (χ4n) is 3.66. The van der Waals surface area contributed by atoms with E-state index in [1.165, 1.54) is 6.92 Å². The Kier molecular flexibility index (Phi) is 5.34. The maximum absolute atomic E-state index is 12.0. The lowest BCUT2D eigenvalue weighted by atomic mass is 9.65. The van der Waals surface area contributed by atoms with Gasteiger partial charge in [-0.25, -0.2) is 4.79 Å². The van der Waals surface area contributed by atoms with Crippen molar-refractivity contribution in [1.82, 2.24) is 0 Å². The number of esters is 2. The quantitative estimate of drug-likeness (QED) is 0.723. The molecule has 0 amide bonds. The van der Waals surface area contributed by atoms with Crippen LogP contribution in [0.5, 0.6) is 0 Å². The lowest BCUT2D eigenvalue weighted by molar-refractivity contribution is -0.315. The number of aliphatic hydroxyl groups excluding tert-OH is 1. The standard InChI is InChI=1S/C17H26O7/c1-10(19)5-6-14(20)22-12-7-11-8-13(23-15(21)9-18)17(12,4)24-16(11,2)3/h11-13,18H,5-9H2,1-4H3. The maximum atomic E-state index is 12.0. The van der Waals surface area contributed by atoms with Crippen molar-refractivity contribution in [2.75, 3.05) is 6.61 Å². The van der Waals surface area contributed by atoms with Crippen molar-refractivity contribution >= 4 is 17.7 Å². The van der Waals surface area contributed by atoms with Gasteiger partial charge in [0.05, 0.1) is 12.0 Å². The molecule has 3 aliphatic rings. The second-order valence-corrected chi connectivity index (χ2v) is 7.37. The summed E-state index contributed by atoms with van der Waals surface area (Å²) in [4.78, 5) is 34.5. The first-order valence-corrected chi connectivity index (χ1v) is 8.28. The maximum Gasteiger partial charge on any atom is 0.332 e. The van der Waals surface area contributed by atoms with Crippen LogP contribution in [0.1, 0.15) is 53.4 Å². The predicted octanol–water partition coefficient (Wildman–Crippen LogP) is 1.15. The van der Waals surface area contributed by atoms with Crippen LogP contribution in [0.15, 0.2) is 0 Å². The van der Waals surface area contributed by atoms with E-state index in [4.69, 9.17) is 19.3 Å². The van der Waals surface area contributed by atoms with Crippen LogP contribution in [0, 0.1) is 5.92 Å². The van der Waals surface area contributed by atoms with Gasteiger partial charge in [0.25, 0.3) is 0 Å². The topological polar surface area (TPSA) is 99.1 Å². The van der Waals surface area contributed by atoms with Gasteiger partial charge in [0, 0.05) is 6.42 Å². The van der Waals surface area contributed by atoms with E-state index in [0.717, 1.165) is 0 Å². The zero-order valence-electron chi connectivity index (χ0n) is 14.7. The third-order valence-corrected chi connectivity index (χ3v) is 5.10. The lowest BCUT2D eigenvalue weighted by Crippen LogP contribution is -2.69. The Morgan fingerprint density at radius 2 is 1.58 bits per heavy atom. The van der Waals surface area contributed by atoms with E-state index in [1.807, 2.05) is 13.8 Å². The Bertz CT molecular complexity index is 527. The van der Waals surface area contributed by atoms with E-state index in [-0.39, 0.29) is 24.5 Å². The Labute approximate surface area is 141 Å². The van der Waals surface area contributed by atoms with Crippen LogP contribution in [0.4, 0.5) is 0 Å². The van der Waals surface area contributed by atoms with Crippen LogP contribution in [0.3, 0.4) is 0 Å². The number of Topliss-reactive ketones (excluding diaryl/α,β-unsaturated/α-hetero) is 1. The molecule has 2 saturated heterocycles. The van der Waals surface area contributed by atoms with Gasteiger partial charge in [0.1, 0.15) is 30.2 Å². The Hall–Kier alpha value is -1.47. The number of ether oxygens (including phenoxy) is 3. The summed E-state index contributed by atoms with van der Waals surface area (Å²) >= 11 is 0. The molecule has 0 aromatic rings. The van der Waals surface area contributed by atoms with Gasteiger partial charge in [0.2, 0.25) is 0 Å². The van der Waals surface area contributed by atoms with Gasteiger partial charge in [0.15, 0.2) is 0 Å². The predicted molar refractivity (Wildman–Crippen MR) is 83.1 cm³/mol. The number of hydrogen-bond donors (Lipinski definition) is 1. The van der Waals surface area contributed by atoms with E-state index >= 15 is 0 Å². The largest absolute Gasteiger partial charge is 0.459 e. The van der Waals surface area contributed by atoms with Gasteiger partial charge in [-0.05, 0) is 46.5 Å². The molecule has 0 spiro atoms. The average Bonchev–Trinajstić information content (AvgIpc) is 2.47. The molecule has 2 heterocycles. The Morgan fingerprint density at radius 3 is 2.08 bits per heavy atom. The minimum atomic E-state index is -0.977. The summed E-state index contributed by atoms with van der Waals surface area (Å²) in [5.74, 6) is -1.20. The Balaban J connectivity index is 2.13. The normalized spacial score (nSPS) is 33.8. The number of hydrogen-bond acceptors (Lipinski definition) is 7. The molecule has 3 rings (SSSR count). The average molecular weight is 342 g/mol. The molecule has 1 saturated carbocycles.